The monoisotopic (exact) mass is 430 g/mol. The minimum atomic E-state index is -0.433. The van der Waals surface area contributed by atoms with Crippen LogP contribution < -0.4 is 10.2 Å². The molecule has 1 aliphatic rings. The van der Waals surface area contributed by atoms with E-state index in [1.54, 1.807) is 30.3 Å². The predicted molar refractivity (Wildman–Crippen MR) is 116 cm³/mol. The second-order valence-electron chi connectivity index (χ2n) is 7.22. The number of nitrogens with one attached hydrogen (secondary N) is 1. The zero-order valence-corrected chi connectivity index (χ0v) is 17.3. The lowest BCUT2D eigenvalue weighted by Gasteiger charge is -2.31. The van der Waals surface area contributed by atoms with Gasteiger partial charge < -0.3 is 4.90 Å². The van der Waals surface area contributed by atoms with Gasteiger partial charge in [-0.05, 0) is 49.1 Å². The normalized spacial score (nSPS) is 14.9. The number of hydrogen-bond acceptors (Lipinski definition) is 6. The fourth-order valence-electron chi connectivity index (χ4n) is 3.45. The number of carbonyl (C=O) groups excluding carboxylic acids is 1. The van der Waals surface area contributed by atoms with Crippen LogP contribution in [0.15, 0.2) is 36.4 Å². The summed E-state index contributed by atoms with van der Waals surface area (Å²) >= 11 is 7.29. The van der Waals surface area contributed by atoms with Crippen LogP contribution in [0.1, 0.15) is 30.1 Å². The predicted octanol–water partition coefficient (Wildman–Crippen LogP) is 5.35. The first kappa shape index (κ1) is 19.6. The molecule has 150 valence electrons. The first-order valence-electron chi connectivity index (χ1n) is 9.31. The van der Waals surface area contributed by atoms with E-state index in [1.807, 2.05) is 4.90 Å². The van der Waals surface area contributed by atoms with Crippen LogP contribution in [-0.4, -0.2) is 28.9 Å². The average Bonchev–Trinajstić information content (AvgIpc) is 3.09. The Balaban J connectivity index is 1.57. The third kappa shape index (κ3) is 4.18. The molecule has 1 aliphatic heterocycles. The summed E-state index contributed by atoms with van der Waals surface area (Å²) in [5, 5.41) is 15.4. The SMILES string of the molecule is CC1CCN(c2ccc(C(=O)Nc3nc4ccc(Cl)cc4s3)cc2[N+](=O)[O-])CC1. The molecule has 0 radical (unpaired) electrons. The topological polar surface area (TPSA) is 88.4 Å². The van der Waals surface area contributed by atoms with Gasteiger partial charge in [-0.1, -0.05) is 29.9 Å². The highest BCUT2D eigenvalue weighted by atomic mass is 35.5. The smallest absolute Gasteiger partial charge is 0.293 e. The van der Waals surface area contributed by atoms with Crippen molar-refractivity contribution in [3.05, 3.63) is 57.1 Å². The lowest BCUT2D eigenvalue weighted by molar-refractivity contribution is -0.384. The lowest BCUT2D eigenvalue weighted by atomic mass is 9.98. The summed E-state index contributed by atoms with van der Waals surface area (Å²) in [5.74, 6) is 0.191. The number of carbonyl (C=O) groups is 1. The van der Waals surface area contributed by atoms with Crippen molar-refractivity contribution in [2.75, 3.05) is 23.3 Å². The van der Waals surface area contributed by atoms with Crippen molar-refractivity contribution in [1.29, 1.82) is 0 Å². The van der Waals surface area contributed by atoms with E-state index in [2.05, 4.69) is 17.2 Å². The minimum Gasteiger partial charge on any atom is -0.366 e. The van der Waals surface area contributed by atoms with Crippen molar-refractivity contribution in [1.82, 2.24) is 4.98 Å². The van der Waals surface area contributed by atoms with Gasteiger partial charge >= 0.3 is 0 Å². The number of nitro benzene ring substituents is 1. The summed E-state index contributed by atoms with van der Waals surface area (Å²) in [4.78, 5) is 30.3. The molecule has 0 atom stereocenters. The number of halogens is 1. The van der Waals surface area contributed by atoms with Crippen molar-refractivity contribution in [3.8, 4) is 0 Å². The van der Waals surface area contributed by atoms with Gasteiger partial charge in [0.05, 0.1) is 15.1 Å². The number of fused-ring (bicyclic) bond motifs is 1. The highest BCUT2D eigenvalue weighted by Gasteiger charge is 2.25. The van der Waals surface area contributed by atoms with Crippen molar-refractivity contribution >= 4 is 55.6 Å². The van der Waals surface area contributed by atoms with E-state index in [0.717, 1.165) is 36.1 Å². The minimum absolute atomic E-state index is 0.0525. The number of amides is 1. The Morgan fingerprint density at radius 2 is 2.03 bits per heavy atom. The van der Waals surface area contributed by atoms with Gasteiger partial charge in [0.1, 0.15) is 5.69 Å². The number of thiazole rings is 1. The van der Waals surface area contributed by atoms with Crippen LogP contribution in [0, 0.1) is 16.0 Å². The molecule has 0 spiro atoms. The molecular formula is C20H19ClN4O3S. The molecule has 7 nitrogen and oxygen atoms in total. The maximum Gasteiger partial charge on any atom is 0.293 e. The number of aromatic nitrogens is 1. The fraction of sp³-hybridized carbons (Fsp3) is 0.300. The maximum atomic E-state index is 12.7. The Bertz CT molecular complexity index is 1090. The Hall–Kier alpha value is -2.71. The molecule has 1 N–H and O–H groups in total. The number of hydrogen-bond donors (Lipinski definition) is 1. The van der Waals surface area contributed by atoms with Crippen LogP contribution in [0.5, 0.6) is 0 Å². The summed E-state index contributed by atoms with van der Waals surface area (Å²) in [5.41, 5.74) is 1.47. The summed E-state index contributed by atoms with van der Waals surface area (Å²) in [7, 11) is 0. The first-order valence-corrected chi connectivity index (χ1v) is 10.5. The molecule has 4 rings (SSSR count). The molecule has 29 heavy (non-hydrogen) atoms. The van der Waals surface area contributed by atoms with E-state index in [1.165, 1.54) is 17.4 Å². The molecule has 2 heterocycles. The van der Waals surface area contributed by atoms with Gasteiger partial charge in [-0.15, -0.1) is 0 Å². The molecule has 0 unspecified atom stereocenters. The van der Waals surface area contributed by atoms with E-state index in [9.17, 15) is 14.9 Å². The molecule has 1 saturated heterocycles. The maximum absolute atomic E-state index is 12.7. The van der Waals surface area contributed by atoms with Gasteiger partial charge in [0.15, 0.2) is 5.13 Å². The molecule has 0 bridgehead atoms. The van der Waals surface area contributed by atoms with Gasteiger partial charge in [-0.2, -0.15) is 0 Å². The lowest BCUT2D eigenvalue weighted by Crippen LogP contribution is -2.33. The number of nitro groups is 1. The third-order valence-corrected chi connectivity index (χ3v) is 6.30. The molecular weight excluding hydrogens is 412 g/mol. The van der Waals surface area contributed by atoms with Crippen molar-refractivity contribution in [3.63, 3.8) is 0 Å². The van der Waals surface area contributed by atoms with Crippen LogP contribution in [0.3, 0.4) is 0 Å². The largest absolute Gasteiger partial charge is 0.366 e. The number of piperidine rings is 1. The number of anilines is 2. The Labute approximate surface area is 176 Å². The van der Waals surface area contributed by atoms with Crippen LogP contribution in [0.2, 0.25) is 5.02 Å². The molecule has 1 amide bonds. The summed E-state index contributed by atoms with van der Waals surface area (Å²) in [6.45, 7) is 3.75. The van der Waals surface area contributed by atoms with E-state index in [0.29, 0.717) is 21.8 Å². The number of rotatable bonds is 4. The number of nitrogens with zero attached hydrogens (tertiary/aromatic N) is 3. The molecule has 2 aromatic carbocycles. The van der Waals surface area contributed by atoms with E-state index in [4.69, 9.17) is 11.6 Å². The third-order valence-electron chi connectivity index (χ3n) is 5.13. The van der Waals surface area contributed by atoms with Gasteiger partial charge in [0, 0.05) is 29.7 Å². The van der Waals surface area contributed by atoms with Gasteiger partial charge in [0.2, 0.25) is 0 Å². The van der Waals surface area contributed by atoms with Gasteiger partial charge in [0.25, 0.3) is 11.6 Å². The van der Waals surface area contributed by atoms with Gasteiger partial charge in [-0.3, -0.25) is 20.2 Å². The van der Waals surface area contributed by atoms with E-state index >= 15 is 0 Å². The highest BCUT2D eigenvalue weighted by Crippen LogP contribution is 2.33. The molecule has 9 heteroatoms. The summed E-state index contributed by atoms with van der Waals surface area (Å²) in [6, 6.07) is 9.93. The summed E-state index contributed by atoms with van der Waals surface area (Å²) < 4.78 is 0.855. The van der Waals surface area contributed by atoms with Gasteiger partial charge in [-0.25, -0.2) is 4.98 Å². The average molecular weight is 431 g/mol. The Kier molecular flexibility index (Phi) is 5.38. The second-order valence-corrected chi connectivity index (χ2v) is 8.68. The standard InChI is InChI=1S/C20H19ClN4O3S/c1-12-6-8-24(9-7-12)16-5-2-13(10-17(16)25(27)28)19(26)23-20-22-15-4-3-14(21)11-18(15)29-20/h2-5,10-12H,6-9H2,1H3,(H,22,23,26). The Morgan fingerprint density at radius 1 is 1.28 bits per heavy atom. The first-order chi connectivity index (χ1) is 13.9. The summed E-state index contributed by atoms with van der Waals surface area (Å²) in [6.07, 6.45) is 2.00. The molecule has 0 saturated carbocycles. The van der Waals surface area contributed by atoms with E-state index < -0.39 is 10.8 Å². The Morgan fingerprint density at radius 3 is 2.76 bits per heavy atom. The molecule has 1 fully saturated rings. The zero-order chi connectivity index (χ0) is 20.5. The van der Waals surface area contributed by atoms with Crippen LogP contribution in [0.4, 0.5) is 16.5 Å². The second kappa shape index (κ2) is 7.96. The molecule has 1 aromatic heterocycles. The van der Waals surface area contributed by atoms with Crippen molar-refractivity contribution in [2.24, 2.45) is 5.92 Å². The zero-order valence-electron chi connectivity index (χ0n) is 15.7. The van der Waals surface area contributed by atoms with Crippen molar-refractivity contribution < 1.29 is 9.72 Å². The number of benzene rings is 2. The quantitative estimate of drug-likeness (QED) is 0.445. The molecule has 0 aliphatic carbocycles. The van der Waals surface area contributed by atoms with Crippen LogP contribution in [0.25, 0.3) is 10.2 Å². The van der Waals surface area contributed by atoms with Crippen LogP contribution >= 0.6 is 22.9 Å². The fourth-order valence-corrected chi connectivity index (χ4v) is 4.59. The highest BCUT2D eigenvalue weighted by molar-refractivity contribution is 7.22. The van der Waals surface area contributed by atoms with Crippen molar-refractivity contribution in [2.45, 2.75) is 19.8 Å². The molecule has 3 aromatic rings. The van der Waals surface area contributed by atoms with E-state index in [-0.39, 0.29) is 11.3 Å². The van der Waals surface area contributed by atoms with Crippen LogP contribution in [-0.2, 0) is 0 Å².